The number of aliphatic hydroxyl groups is 9. The molecule has 0 radical (unpaired) electrons. The van der Waals surface area contributed by atoms with Crippen LogP contribution in [0.1, 0.15) is 13.8 Å². The summed E-state index contributed by atoms with van der Waals surface area (Å²) in [6, 6.07) is -1.41. The maximum atomic E-state index is 11.7. The summed E-state index contributed by atoms with van der Waals surface area (Å²) in [5.41, 5.74) is 0. The summed E-state index contributed by atoms with van der Waals surface area (Å²) in [4.78, 5) is 11.7. The zero-order valence-corrected chi connectivity index (χ0v) is 19.5. The first-order valence-electron chi connectivity index (χ1n) is 11.4. The minimum atomic E-state index is -1.85. The Balaban J connectivity index is 1.75. The Bertz CT molecular complexity index is 731. The topological polar surface area (TPSA) is 257 Å². The lowest BCUT2D eigenvalue weighted by molar-refractivity contribution is -0.348. The third kappa shape index (κ3) is 6.13. The molecule has 15 atom stereocenters. The van der Waals surface area contributed by atoms with Crippen LogP contribution in [-0.2, 0) is 28.5 Å². The van der Waals surface area contributed by atoms with Crippen molar-refractivity contribution < 1.29 is 74.4 Å². The third-order valence-electron chi connectivity index (χ3n) is 6.44. The number of aliphatic hydroxyl groups excluding tert-OH is 9. The Morgan fingerprint density at radius 3 is 2.06 bits per heavy atom. The number of hydrogen-bond acceptors (Lipinski definition) is 15. The SMILES string of the molecule is CC(=O)N[C@H]1[C@H](O[C@H]2[C@@H](O)[C@@H](CO)OC(O)[C@@H]2O)O[C@H](CO[C@@H]2O[C@@H](C)[C@@H](O)[C@@H](O)[C@@H]2O)[C@@H](O)[C@@H]1O. The molecule has 3 saturated heterocycles. The average Bonchev–Trinajstić information content (AvgIpc) is 2.83. The number of rotatable bonds is 7. The van der Waals surface area contributed by atoms with Gasteiger partial charge in [-0.1, -0.05) is 0 Å². The van der Waals surface area contributed by atoms with Crippen LogP contribution in [0.25, 0.3) is 0 Å². The van der Waals surface area contributed by atoms with Crippen molar-refractivity contribution in [1.82, 2.24) is 5.32 Å². The quantitative estimate of drug-likeness (QED) is 0.147. The van der Waals surface area contributed by atoms with Crippen molar-refractivity contribution in [2.45, 2.75) is 106 Å². The Morgan fingerprint density at radius 1 is 0.778 bits per heavy atom. The van der Waals surface area contributed by atoms with Gasteiger partial charge in [0.2, 0.25) is 5.91 Å². The Kier molecular flexibility index (Phi) is 9.97. The summed E-state index contributed by atoms with van der Waals surface area (Å²) in [5, 5.41) is 93.4. The molecular formula is C20H35NO15. The first-order chi connectivity index (χ1) is 16.9. The molecule has 3 heterocycles. The highest BCUT2D eigenvalue weighted by molar-refractivity contribution is 5.73. The maximum Gasteiger partial charge on any atom is 0.217 e. The average molecular weight is 529 g/mol. The molecule has 3 fully saturated rings. The minimum Gasteiger partial charge on any atom is -0.394 e. The van der Waals surface area contributed by atoms with Gasteiger partial charge in [-0.3, -0.25) is 4.79 Å². The normalized spacial score (nSPS) is 50.0. The first kappa shape index (κ1) is 29.5. The van der Waals surface area contributed by atoms with E-state index in [0.29, 0.717) is 0 Å². The molecule has 1 unspecified atom stereocenters. The van der Waals surface area contributed by atoms with Crippen LogP contribution in [0.4, 0.5) is 0 Å². The number of carbonyl (C=O) groups excluding carboxylic acids is 1. The number of amides is 1. The van der Waals surface area contributed by atoms with Gasteiger partial charge in [-0.15, -0.1) is 0 Å². The Hall–Kier alpha value is -1.09. The van der Waals surface area contributed by atoms with Gasteiger partial charge in [0.15, 0.2) is 18.9 Å². The molecule has 0 aromatic rings. The van der Waals surface area contributed by atoms with Gasteiger partial charge in [-0.05, 0) is 6.92 Å². The van der Waals surface area contributed by atoms with Gasteiger partial charge >= 0.3 is 0 Å². The molecule has 3 rings (SSSR count). The standard InChI is InChI=1S/C20H35NO15/c1-5-10(24)14(28)15(29)20(33-5)32-4-8-11(25)13(27)9(21-6(2)23)19(35-8)36-17-12(26)7(3-22)34-18(31)16(17)30/h5,7-20,22,24-31H,3-4H2,1-2H3,(H,21,23)/t5-,7+,8+,9+,10+,11+,12-,13+,14+,15-,16+,17-,18?,19-,20+/m0/s1. The van der Waals surface area contributed by atoms with Gasteiger partial charge in [0.05, 0.1) is 19.3 Å². The highest BCUT2D eigenvalue weighted by Gasteiger charge is 2.51. The van der Waals surface area contributed by atoms with Crippen LogP contribution < -0.4 is 5.32 Å². The molecule has 16 heteroatoms. The molecule has 0 aliphatic carbocycles. The van der Waals surface area contributed by atoms with E-state index < -0.39 is 111 Å². The van der Waals surface area contributed by atoms with E-state index in [1.165, 1.54) is 6.92 Å². The zero-order chi connectivity index (χ0) is 26.9. The molecule has 0 saturated carbocycles. The molecule has 0 spiro atoms. The van der Waals surface area contributed by atoms with Crippen molar-refractivity contribution in [2.75, 3.05) is 13.2 Å². The highest BCUT2D eigenvalue weighted by Crippen LogP contribution is 2.30. The van der Waals surface area contributed by atoms with Crippen LogP contribution in [-0.4, -0.2) is 157 Å². The van der Waals surface area contributed by atoms with Crippen molar-refractivity contribution in [2.24, 2.45) is 0 Å². The molecule has 1 amide bonds. The summed E-state index contributed by atoms with van der Waals surface area (Å²) in [7, 11) is 0. The monoisotopic (exact) mass is 529 g/mol. The lowest BCUT2D eigenvalue weighted by Crippen LogP contribution is -2.68. The van der Waals surface area contributed by atoms with E-state index in [1.807, 2.05) is 0 Å². The molecule has 210 valence electrons. The van der Waals surface area contributed by atoms with Gasteiger partial charge in [-0.2, -0.15) is 0 Å². The molecule has 0 bridgehead atoms. The van der Waals surface area contributed by atoms with E-state index in [0.717, 1.165) is 6.92 Å². The molecular weight excluding hydrogens is 494 g/mol. The van der Waals surface area contributed by atoms with Crippen molar-refractivity contribution in [3.8, 4) is 0 Å². The lowest BCUT2D eigenvalue weighted by atomic mass is 9.95. The second-order valence-corrected chi connectivity index (χ2v) is 9.09. The molecule has 0 aromatic carbocycles. The fourth-order valence-electron chi connectivity index (χ4n) is 4.30. The van der Waals surface area contributed by atoms with E-state index in [1.54, 1.807) is 0 Å². The van der Waals surface area contributed by atoms with Crippen molar-refractivity contribution >= 4 is 5.91 Å². The Labute approximate surface area is 205 Å². The predicted octanol–water partition coefficient (Wildman–Crippen LogP) is -6.40. The maximum absolute atomic E-state index is 11.7. The second kappa shape index (κ2) is 12.2. The zero-order valence-electron chi connectivity index (χ0n) is 19.5. The molecule has 0 aromatic heterocycles. The summed E-state index contributed by atoms with van der Waals surface area (Å²) in [6.07, 6.45) is -21.6. The molecule has 10 N–H and O–H groups in total. The number of hydrogen-bond donors (Lipinski definition) is 10. The number of nitrogens with one attached hydrogen (secondary N) is 1. The number of carbonyl (C=O) groups is 1. The fourth-order valence-corrected chi connectivity index (χ4v) is 4.30. The van der Waals surface area contributed by atoms with E-state index in [-0.39, 0.29) is 0 Å². The highest BCUT2D eigenvalue weighted by atomic mass is 16.7. The lowest BCUT2D eigenvalue weighted by Gasteiger charge is -2.47. The summed E-state index contributed by atoms with van der Waals surface area (Å²) < 4.78 is 26.9. The van der Waals surface area contributed by atoms with E-state index in [9.17, 15) is 50.8 Å². The van der Waals surface area contributed by atoms with Gasteiger partial charge < -0.3 is 75.0 Å². The van der Waals surface area contributed by atoms with Crippen molar-refractivity contribution in [3.63, 3.8) is 0 Å². The summed E-state index contributed by atoms with van der Waals surface area (Å²) in [5.74, 6) is -0.639. The molecule has 16 nitrogen and oxygen atoms in total. The second-order valence-electron chi connectivity index (χ2n) is 9.09. The van der Waals surface area contributed by atoms with Gasteiger partial charge in [0.25, 0.3) is 0 Å². The van der Waals surface area contributed by atoms with E-state index in [4.69, 9.17) is 23.7 Å². The first-order valence-corrected chi connectivity index (χ1v) is 11.4. The minimum absolute atomic E-state index is 0.539. The van der Waals surface area contributed by atoms with Crippen molar-refractivity contribution in [3.05, 3.63) is 0 Å². The summed E-state index contributed by atoms with van der Waals surface area (Å²) in [6.45, 7) is 1.29. The largest absolute Gasteiger partial charge is 0.394 e. The molecule has 3 aliphatic heterocycles. The fraction of sp³-hybridized carbons (Fsp3) is 0.950. The van der Waals surface area contributed by atoms with Gasteiger partial charge in [-0.25, -0.2) is 0 Å². The van der Waals surface area contributed by atoms with Crippen LogP contribution >= 0.6 is 0 Å². The van der Waals surface area contributed by atoms with Gasteiger partial charge in [0, 0.05) is 6.92 Å². The van der Waals surface area contributed by atoms with Crippen LogP contribution in [0.15, 0.2) is 0 Å². The van der Waals surface area contributed by atoms with Crippen LogP contribution in [0.3, 0.4) is 0 Å². The molecule has 3 aliphatic rings. The van der Waals surface area contributed by atoms with Crippen LogP contribution in [0.2, 0.25) is 0 Å². The van der Waals surface area contributed by atoms with Gasteiger partial charge in [0.1, 0.15) is 67.1 Å². The summed E-state index contributed by atoms with van der Waals surface area (Å²) >= 11 is 0. The Morgan fingerprint density at radius 2 is 1.44 bits per heavy atom. The van der Waals surface area contributed by atoms with Crippen molar-refractivity contribution in [1.29, 1.82) is 0 Å². The molecule has 36 heavy (non-hydrogen) atoms. The third-order valence-corrected chi connectivity index (χ3v) is 6.44. The van der Waals surface area contributed by atoms with E-state index in [2.05, 4.69) is 5.32 Å². The van der Waals surface area contributed by atoms with E-state index >= 15 is 0 Å². The van der Waals surface area contributed by atoms with Crippen LogP contribution in [0.5, 0.6) is 0 Å². The smallest absolute Gasteiger partial charge is 0.217 e. The predicted molar refractivity (Wildman–Crippen MR) is 111 cm³/mol. The number of ether oxygens (including phenoxy) is 5. The van der Waals surface area contributed by atoms with Crippen LogP contribution in [0, 0.1) is 0 Å².